The van der Waals surface area contributed by atoms with Gasteiger partial charge >= 0.3 is 6.09 Å². The Kier molecular flexibility index (Phi) is 27.4. The highest BCUT2D eigenvalue weighted by Crippen LogP contribution is 2.40. The highest BCUT2D eigenvalue weighted by atomic mass is 32.1. The van der Waals surface area contributed by atoms with Crippen LogP contribution in [0.15, 0.2) is 72.9 Å². The van der Waals surface area contributed by atoms with Crippen LogP contribution in [0.5, 0.6) is 5.75 Å². The number of carbonyl (C=O) groups excluding carboxylic acids is 4. The third-order valence-corrected chi connectivity index (χ3v) is 7.99. The quantitative estimate of drug-likeness (QED) is 0.0611. The number of nitrogens with zero attached hydrogens (tertiary/aromatic N) is 2. The van der Waals surface area contributed by atoms with Gasteiger partial charge in [0, 0.05) is 45.0 Å². The van der Waals surface area contributed by atoms with Gasteiger partial charge in [-0.3, -0.25) is 14.4 Å². The van der Waals surface area contributed by atoms with E-state index in [0.29, 0.717) is 18.6 Å². The zero-order valence-electron chi connectivity index (χ0n) is 33.4. The maximum Gasteiger partial charge on any atom is 0.409 e. The summed E-state index contributed by atoms with van der Waals surface area (Å²) in [5.41, 5.74) is 9.66. The number of ether oxygens (including phenoxy) is 2. The fourth-order valence-corrected chi connectivity index (χ4v) is 5.22. The van der Waals surface area contributed by atoms with Gasteiger partial charge in [0.15, 0.2) is 6.61 Å². The SMILES string of the molecule is CC(=O)O.CCCC.CCCN(CC)C(=O)OCC.CO.NC(=O)/C=C/c1ccc(-c2sc(-c3ccc[nH]3)nc2-c2ccc(OCC(=O)NCC=O)cc2)cc1. The fraction of sp³-hybridized carbons (Fsp3) is 0.366. The predicted molar refractivity (Wildman–Crippen MR) is 222 cm³/mol. The molecule has 0 aliphatic heterocycles. The molecule has 4 aromatic rings. The topological polar surface area (TPSA) is 214 Å². The number of thiazole rings is 1. The Morgan fingerprint density at radius 2 is 1.54 bits per heavy atom. The maximum atomic E-state index is 11.6. The monoisotopic (exact) mass is 795 g/mol. The van der Waals surface area contributed by atoms with E-state index in [9.17, 15) is 19.2 Å². The molecule has 2 aromatic heterocycles. The number of carboxylic acids is 1. The Morgan fingerprint density at radius 1 is 0.929 bits per heavy atom. The van der Waals surface area contributed by atoms with Crippen LogP contribution in [-0.4, -0.2) is 95.2 Å². The summed E-state index contributed by atoms with van der Waals surface area (Å²) < 4.78 is 10.3. The summed E-state index contributed by atoms with van der Waals surface area (Å²) in [4.78, 5) is 63.8. The van der Waals surface area contributed by atoms with Gasteiger partial charge in [0.05, 0.1) is 29.4 Å². The number of aromatic nitrogens is 2. The second-order valence-corrected chi connectivity index (χ2v) is 12.2. The molecule has 14 nitrogen and oxygen atoms in total. The molecule has 0 fully saturated rings. The lowest BCUT2D eigenvalue weighted by Crippen LogP contribution is -2.31. The number of unbranched alkanes of at least 4 members (excludes halogenated alkanes) is 1. The van der Waals surface area contributed by atoms with Gasteiger partial charge in [-0.15, -0.1) is 11.3 Å². The molecule has 6 N–H and O–H groups in total. The van der Waals surface area contributed by atoms with Gasteiger partial charge in [-0.25, -0.2) is 9.78 Å². The molecule has 0 aliphatic rings. The van der Waals surface area contributed by atoms with Crippen molar-refractivity contribution in [2.24, 2.45) is 5.73 Å². The van der Waals surface area contributed by atoms with Crippen LogP contribution in [0.1, 0.15) is 66.4 Å². The molecular formula is C41H57N5O9S. The summed E-state index contributed by atoms with van der Waals surface area (Å²) in [6.45, 7) is 13.0. The van der Waals surface area contributed by atoms with E-state index in [0.717, 1.165) is 71.5 Å². The first kappa shape index (κ1) is 50.2. The minimum atomic E-state index is -0.833. The highest BCUT2D eigenvalue weighted by molar-refractivity contribution is 7.18. The second-order valence-electron chi connectivity index (χ2n) is 11.2. The van der Waals surface area contributed by atoms with Gasteiger partial charge < -0.3 is 45.4 Å². The Labute approximate surface area is 333 Å². The standard InChI is InChI=1S/C26H22N4O4S.C8H17NO2.C4H10.C2H4O2.CH4O/c27-22(32)12-5-17-3-6-19(7-4-17)25-24(30-26(35-25)21-2-1-13-28-21)18-8-10-20(11-9-18)34-16-23(33)29-14-15-31;1-4-7-9(5-2)8(10)11-6-3;1-3-4-2;1-2(3)4;1-2/h1-13,15,28H,14,16H2,(H2,27,32)(H,29,33);4-7H2,1-3H3;3-4H2,1-2H3;1H3,(H,3,4);2H,1H3/b12-5+;;;;. The average Bonchev–Trinajstić information content (AvgIpc) is 3.90. The number of hydrogen-bond acceptors (Lipinski definition) is 10. The maximum absolute atomic E-state index is 11.6. The second kappa shape index (κ2) is 30.5. The van der Waals surface area contributed by atoms with E-state index in [-0.39, 0.29) is 25.2 Å². The van der Waals surface area contributed by atoms with Crippen LogP contribution < -0.4 is 15.8 Å². The molecule has 0 saturated carbocycles. The van der Waals surface area contributed by atoms with Crippen molar-refractivity contribution in [2.45, 2.75) is 60.8 Å². The number of aliphatic carboxylic acids is 1. The molecule has 0 spiro atoms. The van der Waals surface area contributed by atoms with Crippen LogP contribution >= 0.6 is 11.3 Å². The molecule has 0 saturated heterocycles. The first-order chi connectivity index (χ1) is 26.9. The van der Waals surface area contributed by atoms with E-state index in [1.807, 2.05) is 75.5 Å². The molecule has 15 heteroatoms. The summed E-state index contributed by atoms with van der Waals surface area (Å²) in [6.07, 6.45) is 8.88. The van der Waals surface area contributed by atoms with Crippen LogP contribution in [0, 0.1) is 0 Å². The Morgan fingerprint density at radius 3 is 2.02 bits per heavy atom. The lowest BCUT2D eigenvalue weighted by atomic mass is 10.0. The summed E-state index contributed by atoms with van der Waals surface area (Å²) >= 11 is 1.57. The lowest BCUT2D eigenvalue weighted by Gasteiger charge is -2.18. The van der Waals surface area contributed by atoms with Crippen LogP contribution in [0.2, 0.25) is 0 Å². The summed E-state index contributed by atoms with van der Waals surface area (Å²) in [5.74, 6) is -1.17. The molecule has 3 amide bonds. The van der Waals surface area contributed by atoms with Crippen molar-refractivity contribution in [3.63, 3.8) is 0 Å². The molecule has 0 bridgehead atoms. The Balaban J connectivity index is 0.00000119. The van der Waals surface area contributed by atoms with Gasteiger partial charge in [-0.1, -0.05) is 57.9 Å². The van der Waals surface area contributed by atoms with Gasteiger partial charge in [0.1, 0.15) is 17.0 Å². The first-order valence-electron chi connectivity index (χ1n) is 18.2. The number of nitrogens with two attached hydrogens (primary N) is 1. The van der Waals surface area contributed by atoms with E-state index in [2.05, 4.69) is 24.1 Å². The van der Waals surface area contributed by atoms with Crippen LogP contribution in [0.4, 0.5) is 4.79 Å². The van der Waals surface area contributed by atoms with Crippen molar-refractivity contribution in [1.82, 2.24) is 20.2 Å². The number of aliphatic hydroxyl groups excluding tert-OH is 1. The van der Waals surface area contributed by atoms with Crippen molar-refractivity contribution in [1.29, 1.82) is 0 Å². The van der Waals surface area contributed by atoms with Crippen molar-refractivity contribution in [3.8, 4) is 38.1 Å². The number of aliphatic hydroxyl groups is 1. The number of primary amides is 1. The van der Waals surface area contributed by atoms with Crippen LogP contribution in [0.3, 0.4) is 0 Å². The molecule has 0 atom stereocenters. The molecule has 2 heterocycles. The molecule has 56 heavy (non-hydrogen) atoms. The van der Waals surface area contributed by atoms with Crippen LogP contribution in [-0.2, 0) is 23.9 Å². The number of H-pyrrole nitrogens is 1. The predicted octanol–water partition coefficient (Wildman–Crippen LogP) is 7.05. The Bertz CT molecular complexity index is 1720. The molecule has 0 aliphatic carbocycles. The minimum absolute atomic E-state index is 0.0424. The van der Waals surface area contributed by atoms with Gasteiger partial charge in [0.25, 0.3) is 11.9 Å². The minimum Gasteiger partial charge on any atom is -0.484 e. The summed E-state index contributed by atoms with van der Waals surface area (Å²) in [6, 6.07) is 19.0. The normalized spacial score (nSPS) is 9.71. The smallest absolute Gasteiger partial charge is 0.409 e. The van der Waals surface area contributed by atoms with Gasteiger partial charge in [-0.2, -0.15) is 0 Å². The fourth-order valence-electron chi connectivity index (χ4n) is 4.14. The number of benzene rings is 2. The van der Waals surface area contributed by atoms with Gasteiger partial charge in [0.2, 0.25) is 5.91 Å². The van der Waals surface area contributed by atoms with E-state index in [1.54, 1.807) is 34.4 Å². The zero-order chi connectivity index (χ0) is 42.3. The molecule has 2 aromatic carbocycles. The van der Waals surface area contributed by atoms with E-state index in [4.69, 9.17) is 35.2 Å². The lowest BCUT2D eigenvalue weighted by molar-refractivity contribution is -0.134. The van der Waals surface area contributed by atoms with Crippen molar-refractivity contribution in [3.05, 3.63) is 78.5 Å². The molecule has 0 unspecified atom stereocenters. The first-order valence-corrected chi connectivity index (χ1v) is 19.0. The summed E-state index contributed by atoms with van der Waals surface area (Å²) in [7, 11) is 1.00. The largest absolute Gasteiger partial charge is 0.484 e. The van der Waals surface area contributed by atoms with Crippen molar-refractivity contribution < 1.29 is 43.7 Å². The number of amides is 3. The number of carboxylic acid groups (broad SMARTS) is 1. The third-order valence-electron chi connectivity index (χ3n) is 6.85. The number of nitrogens with one attached hydrogen (secondary N) is 2. The third kappa shape index (κ3) is 20.6. The molecular weight excluding hydrogens is 739 g/mol. The number of aldehydes is 1. The summed E-state index contributed by atoms with van der Waals surface area (Å²) in [5, 5.41) is 17.7. The zero-order valence-corrected chi connectivity index (χ0v) is 34.2. The van der Waals surface area contributed by atoms with Crippen molar-refractivity contribution in [2.75, 3.05) is 40.0 Å². The van der Waals surface area contributed by atoms with E-state index < -0.39 is 11.9 Å². The van der Waals surface area contributed by atoms with Crippen LogP contribution in [0.25, 0.3) is 38.5 Å². The van der Waals surface area contributed by atoms with E-state index >= 15 is 0 Å². The Hall–Kier alpha value is -5.80. The number of rotatable bonds is 15. The number of aromatic amines is 1. The molecule has 0 radical (unpaired) electrons. The number of hydrogen-bond donors (Lipinski definition) is 5. The molecule has 4 rings (SSSR count). The molecule has 306 valence electrons. The van der Waals surface area contributed by atoms with Gasteiger partial charge in [-0.05, 0) is 73.9 Å². The highest BCUT2D eigenvalue weighted by Gasteiger charge is 2.17. The van der Waals surface area contributed by atoms with Crippen molar-refractivity contribution >= 4 is 47.6 Å². The number of carbonyl (C=O) groups is 5. The average molecular weight is 796 g/mol. The van der Waals surface area contributed by atoms with E-state index in [1.165, 1.54) is 18.9 Å².